The van der Waals surface area contributed by atoms with Gasteiger partial charge in [-0.1, -0.05) is 37.3 Å². The first-order valence-corrected chi connectivity index (χ1v) is 11.3. The Morgan fingerprint density at radius 2 is 1.94 bits per heavy atom. The van der Waals surface area contributed by atoms with E-state index in [1.54, 1.807) is 4.90 Å². The molecule has 0 aliphatic carbocycles. The first-order valence-electron chi connectivity index (χ1n) is 11.3. The fourth-order valence-corrected chi connectivity index (χ4v) is 4.76. The van der Waals surface area contributed by atoms with Gasteiger partial charge in [0.15, 0.2) is 0 Å². The van der Waals surface area contributed by atoms with Crippen LogP contribution in [-0.2, 0) is 9.59 Å². The molecule has 2 amide bonds. The van der Waals surface area contributed by atoms with Crippen LogP contribution in [0.5, 0.6) is 0 Å². The molecule has 3 saturated heterocycles. The van der Waals surface area contributed by atoms with Crippen LogP contribution in [0, 0.1) is 0 Å². The van der Waals surface area contributed by atoms with Gasteiger partial charge < -0.3 is 14.9 Å². The Hall–Kier alpha value is -2.03. The molecule has 31 heavy (non-hydrogen) atoms. The van der Waals surface area contributed by atoms with Crippen LogP contribution in [0.1, 0.15) is 44.1 Å². The van der Waals surface area contributed by atoms with Gasteiger partial charge in [0, 0.05) is 32.6 Å². The molecule has 1 aromatic carbocycles. The van der Waals surface area contributed by atoms with E-state index in [9.17, 15) is 19.1 Å². The molecule has 1 aromatic rings. The molecule has 1 unspecified atom stereocenters. The summed E-state index contributed by atoms with van der Waals surface area (Å²) in [6.07, 6.45) is 0.762. The first kappa shape index (κ1) is 22.2. The molecule has 0 spiro atoms. The van der Waals surface area contributed by atoms with E-state index in [-0.39, 0.29) is 30.4 Å². The molecule has 3 heterocycles. The second-order valence-electron chi connectivity index (χ2n) is 9.35. The smallest absolute Gasteiger partial charge is 0.226 e. The van der Waals surface area contributed by atoms with Crippen molar-refractivity contribution in [2.24, 2.45) is 0 Å². The second kappa shape index (κ2) is 9.22. The SMILES string of the molecule is C[C@H](CC(=O)N1CCC(O)(CN2CNC(N3CC(F)C3)CC2=O)CC1)c1ccccc1. The third-order valence-corrected chi connectivity index (χ3v) is 6.93. The number of rotatable bonds is 6. The van der Waals surface area contributed by atoms with Crippen molar-refractivity contribution in [2.45, 2.75) is 56.5 Å². The fourth-order valence-electron chi connectivity index (χ4n) is 4.76. The number of carbonyl (C=O) groups is 2. The van der Waals surface area contributed by atoms with E-state index in [1.165, 1.54) is 0 Å². The molecule has 3 aliphatic heterocycles. The lowest BCUT2D eigenvalue weighted by molar-refractivity contribution is -0.148. The van der Waals surface area contributed by atoms with Crippen molar-refractivity contribution in [3.63, 3.8) is 0 Å². The first-order chi connectivity index (χ1) is 14.8. The lowest BCUT2D eigenvalue weighted by Crippen LogP contribution is -2.65. The molecule has 0 saturated carbocycles. The number of benzene rings is 1. The second-order valence-corrected chi connectivity index (χ2v) is 9.35. The molecule has 0 bridgehead atoms. The average molecular weight is 433 g/mol. The Balaban J connectivity index is 1.23. The van der Waals surface area contributed by atoms with Gasteiger partial charge >= 0.3 is 0 Å². The van der Waals surface area contributed by atoms with Crippen molar-refractivity contribution in [3.8, 4) is 0 Å². The van der Waals surface area contributed by atoms with E-state index in [0.717, 1.165) is 5.56 Å². The highest BCUT2D eigenvalue weighted by Crippen LogP contribution is 2.27. The Labute approximate surface area is 183 Å². The van der Waals surface area contributed by atoms with Crippen LogP contribution in [0.25, 0.3) is 0 Å². The van der Waals surface area contributed by atoms with Gasteiger partial charge in [0.1, 0.15) is 6.17 Å². The molecule has 3 aliphatic rings. The van der Waals surface area contributed by atoms with Crippen molar-refractivity contribution >= 4 is 11.8 Å². The zero-order chi connectivity index (χ0) is 22.0. The Morgan fingerprint density at radius 1 is 1.26 bits per heavy atom. The van der Waals surface area contributed by atoms with Crippen LogP contribution < -0.4 is 5.32 Å². The number of amides is 2. The van der Waals surface area contributed by atoms with Crippen LogP contribution in [-0.4, -0.2) is 89.0 Å². The van der Waals surface area contributed by atoms with Gasteiger partial charge in [0.2, 0.25) is 11.8 Å². The lowest BCUT2D eigenvalue weighted by atomic mass is 9.89. The minimum absolute atomic E-state index is 0.0188. The van der Waals surface area contributed by atoms with E-state index >= 15 is 0 Å². The summed E-state index contributed by atoms with van der Waals surface area (Å²) in [6, 6.07) is 10.0. The summed E-state index contributed by atoms with van der Waals surface area (Å²) in [6.45, 7) is 4.43. The van der Waals surface area contributed by atoms with E-state index < -0.39 is 11.8 Å². The quantitative estimate of drug-likeness (QED) is 0.709. The number of likely N-dealkylation sites (tertiary alicyclic amines) is 2. The van der Waals surface area contributed by atoms with Crippen molar-refractivity contribution < 1.29 is 19.1 Å². The van der Waals surface area contributed by atoms with Gasteiger partial charge in [-0.15, -0.1) is 0 Å². The van der Waals surface area contributed by atoms with E-state index in [4.69, 9.17) is 0 Å². The number of halogens is 1. The van der Waals surface area contributed by atoms with Gasteiger partial charge in [-0.05, 0) is 24.3 Å². The molecule has 2 N–H and O–H groups in total. The zero-order valence-corrected chi connectivity index (χ0v) is 18.2. The number of hydrogen-bond donors (Lipinski definition) is 2. The minimum Gasteiger partial charge on any atom is -0.388 e. The maximum Gasteiger partial charge on any atom is 0.226 e. The highest BCUT2D eigenvalue weighted by atomic mass is 19.1. The average Bonchev–Trinajstić information content (AvgIpc) is 2.74. The largest absolute Gasteiger partial charge is 0.388 e. The Bertz CT molecular complexity index is 778. The van der Waals surface area contributed by atoms with Crippen molar-refractivity contribution in [3.05, 3.63) is 35.9 Å². The number of nitrogens with one attached hydrogen (secondary N) is 1. The standard InChI is InChI=1S/C23H33FN4O3/c1-17(18-5-3-2-4-6-18)11-21(29)26-9-7-23(31,8-10-26)15-28-16-25-20(12-22(28)30)27-13-19(24)14-27/h2-6,17,19-20,25,31H,7-16H2,1H3/t17-,20?/m1/s1. The summed E-state index contributed by atoms with van der Waals surface area (Å²) < 4.78 is 13.1. The van der Waals surface area contributed by atoms with Gasteiger partial charge in [-0.3, -0.25) is 19.8 Å². The third-order valence-electron chi connectivity index (χ3n) is 6.93. The molecule has 170 valence electrons. The van der Waals surface area contributed by atoms with Gasteiger partial charge in [0.25, 0.3) is 0 Å². The summed E-state index contributed by atoms with van der Waals surface area (Å²) in [7, 11) is 0. The minimum atomic E-state index is -0.979. The number of carbonyl (C=O) groups excluding carboxylic acids is 2. The summed E-state index contributed by atoms with van der Waals surface area (Å²) >= 11 is 0. The maximum atomic E-state index is 13.1. The normalized spacial score (nSPS) is 25.9. The highest BCUT2D eigenvalue weighted by molar-refractivity contribution is 5.78. The van der Waals surface area contributed by atoms with Gasteiger partial charge in [-0.25, -0.2) is 4.39 Å². The van der Waals surface area contributed by atoms with Crippen LogP contribution in [0.2, 0.25) is 0 Å². The van der Waals surface area contributed by atoms with E-state index in [2.05, 4.69) is 12.2 Å². The number of piperidine rings is 1. The third kappa shape index (κ3) is 5.25. The monoisotopic (exact) mass is 432 g/mol. The van der Waals surface area contributed by atoms with Crippen molar-refractivity contribution in [1.29, 1.82) is 0 Å². The van der Waals surface area contributed by atoms with Crippen LogP contribution >= 0.6 is 0 Å². The van der Waals surface area contributed by atoms with Crippen molar-refractivity contribution in [2.75, 3.05) is 39.4 Å². The zero-order valence-electron chi connectivity index (χ0n) is 18.2. The molecule has 0 radical (unpaired) electrons. The number of nitrogens with zero attached hydrogens (tertiary/aromatic N) is 3. The number of β-amino-alcohol motifs (C(OH)–C–C–N with tert-alkyl or cyclic N) is 1. The van der Waals surface area contributed by atoms with Crippen LogP contribution in [0.15, 0.2) is 30.3 Å². The number of aliphatic hydroxyl groups is 1. The summed E-state index contributed by atoms with van der Waals surface area (Å²) in [5, 5.41) is 14.3. The molecular weight excluding hydrogens is 399 g/mol. The predicted molar refractivity (Wildman–Crippen MR) is 115 cm³/mol. The van der Waals surface area contributed by atoms with Gasteiger partial charge in [-0.2, -0.15) is 0 Å². The lowest BCUT2D eigenvalue weighted by Gasteiger charge is -2.46. The molecular formula is C23H33FN4O3. The molecule has 8 heteroatoms. The summed E-state index contributed by atoms with van der Waals surface area (Å²) in [5.74, 6) is 0.242. The van der Waals surface area contributed by atoms with Gasteiger partial charge in [0.05, 0.1) is 31.4 Å². The van der Waals surface area contributed by atoms with E-state index in [1.807, 2.05) is 40.1 Å². The Morgan fingerprint density at radius 3 is 2.55 bits per heavy atom. The van der Waals surface area contributed by atoms with Crippen LogP contribution in [0.4, 0.5) is 4.39 Å². The Kier molecular flexibility index (Phi) is 6.60. The number of alkyl halides is 1. The predicted octanol–water partition coefficient (Wildman–Crippen LogP) is 1.29. The molecule has 0 aromatic heterocycles. The fraction of sp³-hybridized carbons (Fsp3) is 0.652. The molecule has 4 rings (SSSR count). The van der Waals surface area contributed by atoms with Crippen LogP contribution in [0.3, 0.4) is 0 Å². The number of hydrogen-bond acceptors (Lipinski definition) is 5. The topological polar surface area (TPSA) is 76.1 Å². The summed E-state index contributed by atoms with van der Waals surface area (Å²) in [5.41, 5.74) is 0.173. The molecule has 3 fully saturated rings. The highest BCUT2D eigenvalue weighted by Gasteiger charge is 2.40. The molecule has 7 nitrogen and oxygen atoms in total. The molecule has 2 atom stereocenters. The van der Waals surface area contributed by atoms with E-state index in [0.29, 0.717) is 58.5 Å². The summed E-state index contributed by atoms with van der Waals surface area (Å²) in [4.78, 5) is 30.7. The maximum absolute atomic E-state index is 13.1. The van der Waals surface area contributed by atoms with Crippen molar-refractivity contribution in [1.82, 2.24) is 20.0 Å².